The molecule has 0 spiro atoms. The summed E-state index contributed by atoms with van der Waals surface area (Å²) in [4.78, 5) is 15.9. The van der Waals surface area contributed by atoms with Crippen LogP contribution in [0.25, 0.3) is 11.3 Å². The van der Waals surface area contributed by atoms with Crippen molar-refractivity contribution in [3.63, 3.8) is 0 Å². The van der Waals surface area contributed by atoms with Gasteiger partial charge >= 0.3 is 0 Å². The molecule has 1 saturated heterocycles. The standard InChI is InChI=1S/C20H19ClN2O4S2/c1-13-6-8-28-19(13)11-23(16-7-9-29(25,26)12-16)20(24)17-10-18(27-22-17)14-2-4-15(21)5-3-14/h2-6,8,10,16H,7,9,11-12H2,1H3/t16-/m1/s1. The number of nitrogens with zero attached hydrogens (tertiary/aromatic N) is 2. The lowest BCUT2D eigenvalue weighted by Crippen LogP contribution is -2.40. The minimum Gasteiger partial charge on any atom is -0.355 e. The third kappa shape index (κ3) is 4.39. The number of sulfone groups is 1. The van der Waals surface area contributed by atoms with Gasteiger partial charge in [-0.3, -0.25) is 4.79 Å². The molecule has 2 aromatic heterocycles. The van der Waals surface area contributed by atoms with Crippen molar-refractivity contribution < 1.29 is 17.7 Å². The van der Waals surface area contributed by atoms with Crippen LogP contribution in [-0.2, 0) is 16.4 Å². The normalized spacial score (nSPS) is 18.1. The second-order valence-electron chi connectivity index (χ2n) is 7.10. The number of benzene rings is 1. The molecule has 1 fully saturated rings. The number of amides is 1. The number of halogens is 1. The molecule has 9 heteroatoms. The second kappa shape index (κ2) is 7.93. The molecule has 1 aromatic carbocycles. The highest BCUT2D eigenvalue weighted by molar-refractivity contribution is 7.91. The smallest absolute Gasteiger partial charge is 0.276 e. The molecule has 29 heavy (non-hydrogen) atoms. The number of hydrogen-bond acceptors (Lipinski definition) is 6. The van der Waals surface area contributed by atoms with E-state index in [2.05, 4.69) is 5.16 Å². The highest BCUT2D eigenvalue weighted by Gasteiger charge is 2.36. The summed E-state index contributed by atoms with van der Waals surface area (Å²) < 4.78 is 29.4. The SMILES string of the molecule is Cc1ccsc1CN(C(=O)c1cc(-c2ccc(Cl)cc2)on1)[C@@H]1CCS(=O)(=O)C1. The Morgan fingerprint density at radius 3 is 2.69 bits per heavy atom. The zero-order valence-corrected chi connectivity index (χ0v) is 18.1. The maximum atomic E-state index is 13.3. The Balaban J connectivity index is 1.62. The van der Waals surface area contributed by atoms with E-state index in [0.717, 1.165) is 16.0 Å². The number of thiophene rings is 1. The van der Waals surface area contributed by atoms with Crippen LogP contribution in [0.15, 0.2) is 46.3 Å². The minimum atomic E-state index is -3.13. The highest BCUT2D eigenvalue weighted by Crippen LogP contribution is 2.27. The largest absolute Gasteiger partial charge is 0.355 e. The number of carbonyl (C=O) groups excluding carboxylic acids is 1. The van der Waals surface area contributed by atoms with Crippen molar-refractivity contribution in [2.45, 2.75) is 25.9 Å². The number of carbonyl (C=O) groups is 1. The molecule has 1 aliphatic heterocycles. The number of rotatable bonds is 5. The average molecular weight is 451 g/mol. The quantitative estimate of drug-likeness (QED) is 0.582. The first-order valence-corrected chi connectivity index (χ1v) is 12.2. The zero-order chi connectivity index (χ0) is 20.6. The van der Waals surface area contributed by atoms with Gasteiger partial charge in [0, 0.05) is 27.6 Å². The Morgan fingerprint density at radius 1 is 1.31 bits per heavy atom. The van der Waals surface area contributed by atoms with Gasteiger partial charge in [0.25, 0.3) is 5.91 Å². The Morgan fingerprint density at radius 2 is 2.07 bits per heavy atom. The summed E-state index contributed by atoms with van der Waals surface area (Å²) >= 11 is 7.47. The summed E-state index contributed by atoms with van der Waals surface area (Å²) in [7, 11) is -3.13. The number of hydrogen-bond donors (Lipinski definition) is 0. The van der Waals surface area contributed by atoms with Crippen molar-refractivity contribution in [1.82, 2.24) is 10.1 Å². The van der Waals surface area contributed by atoms with Crippen LogP contribution in [-0.4, -0.2) is 41.9 Å². The Labute approximate surface area is 178 Å². The van der Waals surface area contributed by atoms with Crippen molar-refractivity contribution >= 4 is 38.7 Å². The first-order chi connectivity index (χ1) is 13.8. The highest BCUT2D eigenvalue weighted by atomic mass is 35.5. The van der Waals surface area contributed by atoms with Crippen LogP contribution in [0.1, 0.15) is 27.3 Å². The predicted molar refractivity (Wildman–Crippen MR) is 113 cm³/mol. The molecule has 0 aliphatic carbocycles. The van der Waals surface area contributed by atoms with Gasteiger partial charge in [-0.1, -0.05) is 16.8 Å². The van der Waals surface area contributed by atoms with Crippen LogP contribution in [0.5, 0.6) is 0 Å². The Hall–Kier alpha value is -2.16. The molecule has 1 aliphatic rings. The fraction of sp³-hybridized carbons (Fsp3) is 0.300. The molecule has 0 N–H and O–H groups in total. The maximum absolute atomic E-state index is 13.3. The van der Waals surface area contributed by atoms with E-state index in [4.69, 9.17) is 16.1 Å². The first-order valence-electron chi connectivity index (χ1n) is 9.09. The molecule has 3 aromatic rings. The lowest BCUT2D eigenvalue weighted by atomic mass is 10.1. The molecular formula is C20H19ClN2O4S2. The molecule has 0 saturated carbocycles. The summed E-state index contributed by atoms with van der Waals surface area (Å²) in [6, 6.07) is 10.2. The van der Waals surface area contributed by atoms with Gasteiger partial charge in [-0.15, -0.1) is 11.3 Å². The monoisotopic (exact) mass is 450 g/mol. The zero-order valence-electron chi connectivity index (χ0n) is 15.7. The van der Waals surface area contributed by atoms with Crippen LogP contribution >= 0.6 is 22.9 Å². The van der Waals surface area contributed by atoms with Crippen LogP contribution in [0.3, 0.4) is 0 Å². The fourth-order valence-electron chi connectivity index (χ4n) is 3.38. The van der Waals surface area contributed by atoms with E-state index in [1.807, 2.05) is 18.4 Å². The van der Waals surface area contributed by atoms with Crippen molar-refractivity contribution in [2.24, 2.45) is 0 Å². The van der Waals surface area contributed by atoms with Crippen LogP contribution in [0, 0.1) is 6.92 Å². The maximum Gasteiger partial charge on any atom is 0.276 e. The minimum absolute atomic E-state index is 0.0228. The summed E-state index contributed by atoms with van der Waals surface area (Å²) in [6.45, 7) is 2.33. The van der Waals surface area contributed by atoms with E-state index in [9.17, 15) is 13.2 Å². The average Bonchev–Trinajstić information content (AvgIpc) is 3.40. The predicted octanol–water partition coefficient (Wildman–Crippen LogP) is 4.19. The number of aromatic nitrogens is 1. The van der Waals surface area contributed by atoms with Crippen LogP contribution in [0.4, 0.5) is 0 Å². The molecule has 1 atom stereocenters. The van der Waals surface area contributed by atoms with Crippen molar-refractivity contribution in [2.75, 3.05) is 11.5 Å². The first kappa shape index (κ1) is 20.1. The van der Waals surface area contributed by atoms with Crippen molar-refractivity contribution in [3.05, 3.63) is 62.9 Å². The van der Waals surface area contributed by atoms with Gasteiger partial charge in [0.05, 0.1) is 18.1 Å². The van der Waals surface area contributed by atoms with E-state index < -0.39 is 9.84 Å². The summed E-state index contributed by atoms with van der Waals surface area (Å²) in [6.07, 6.45) is 0.431. The fourth-order valence-corrected chi connectivity index (χ4v) is 6.14. The molecule has 0 unspecified atom stereocenters. The van der Waals surface area contributed by atoms with Crippen LogP contribution < -0.4 is 0 Å². The van der Waals surface area contributed by atoms with E-state index in [-0.39, 0.29) is 29.1 Å². The van der Waals surface area contributed by atoms with Crippen molar-refractivity contribution in [1.29, 1.82) is 0 Å². The Bertz CT molecular complexity index is 1140. The van der Waals surface area contributed by atoms with Gasteiger partial charge in [-0.2, -0.15) is 0 Å². The summed E-state index contributed by atoms with van der Waals surface area (Å²) in [5, 5.41) is 6.52. The van der Waals surface area contributed by atoms with Gasteiger partial charge in [0.1, 0.15) is 0 Å². The lowest BCUT2D eigenvalue weighted by Gasteiger charge is -2.27. The summed E-state index contributed by atoms with van der Waals surface area (Å²) in [5.41, 5.74) is 1.99. The molecule has 1 amide bonds. The molecule has 3 heterocycles. The van der Waals surface area contributed by atoms with Crippen LogP contribution in [0.2, 0.25) is 5.02 Å². The van der Waals surface area contributed by atoms with Gasteiger partial charge < -0.3 is 9.42 Å². The van der Waals surface area contributed by atoms with E-state index >= 15 is 0 Å². The van der Waals surface area contributed by atoms with Gasteiger partial charge in [-0.25, -0.2) is 8.42 Å². The third-order valence-corrected chi connectivity index (χ3v) is 8.06. The lowest BCUT2D eigenvalue weighted by molar-refractivity contribution is 0.0672. The van der Waals surface area contributed by atoms with E-state index in [1.54, 1.807) is 46.6 Å². The number of aryl methyl sites for hydroxylation is 1. The molecule has 0 radical (unpaired) electrons. The van der Waals surface area contributed by atoms with Crippen molar-refractivity contribution in [3.8, 4) is 11.3 Å². The second-order valence-corrected chi connectivity index (χ2v) is 10.8. The summed E-state index contributed by atoms with van der Waals surface area (Å²) in [5.74, 6) is 0.199. The topological polar surface area (TPSA) is 80.5 Å². The third-order valence-electron chi connectivity index (χ3n) is 5.05. The Kier molecular flexibility index (Phi) is 5.50. The van der Waals surface area contributed by atoms with E-state index in [1.165, 1.54) is 0 Å². The molecule has 0 bridgehead atoms. The molecule has 6 nitrogen and oxygen atoms in total. The van der Waals surface area contributed by atoms with Gasteiger partial charge in [-0.05, 0) is 54.6 Å². The molecule has 4 rings (SSSR count). The molecule has 152 valence electrons. The van der Waals surface area contributed by atoms with Gasteiger partial charge in [0.2, 0.25) is 0 Å². The van der Waals surface area contributed by atoms with Gasteiger partial charge in [0.15, 0.2) is 21.3 Å². The van der Waals surface area contributed by atoms with E-state index in [0.29, 0.717) is 23.7 Å². The molecular weight excluding hydrogens is 432 g/mol.